The lowest BCUT2D eigenvalue weighted by Gasteiger charge is -2.37. The summed E-state index contributed by atoms with van der Waals surface area (Å²) < 4.78 is 0. The molecule has 0 aromatic carbocycles. The van der Waals surface area contributed by atoms with Crippen LogP contribution in [0, 0.1) is 5.41 Å². The van der Waals surface area contributed by atoms with Gasteiger partial charge in [0.2, 0.25) is 0 Å². The summed E-state index contributed by atoms with van der Waals surface area (Å²) in [4.78, 5) is 29.5. The number of urea groups is 1. The van der Waals surface area contributed by atoms with E-state index in [9.17, 15) is 14.7 Å². The predicted molar refractivity (Wildman–Crippen MR) is 75.6 cm³/mol. The van der Waals surface area contributed by atoms with E-state index in [0.29, 0.717) is 19.5 Å². The number of hydrogen-bond donors (Lipinski definition) is 1. The third kappa shape index (κ3) is 2.90. The standard InChI is InChI=1S/C14H25N3O3/c1-14(12(18)19)6-9-17(10-14)13(20)16(3)11-4-7-15(2)8-5-11/h11H,4-10H2,1-3H3,(H,18,19). The fraction of sp³-hybridized carbons (Fsp3) is 0.857. The van der Waals surface area contributed by atoms with Crippen LogP contribution in [0.3, 0.4) is 0 Å². The Labute approximate surface area is 120 Å². The molecule has 2 aliphatic heterocycles. The van der Waals surface area contributed by atoms with Crippen molar-refractivity contribution in [3.63, 3.8) is 0 Å². The van der Waals surface area contributed by atoms with Gasteiger partial charge in [0.25, 0.3) is 0 Å². The number of carbonyl (C=O) groups is 2. The van der Waals surface area contributed by atoms with Gasteiger partial charge in [0, 0.05) is 26.2 Å². The van der Waals surface area contributed by atoms with Crippen LogP contribution in [0.5, 0.6) is 0 Å². The van der Waals surface area contributed by atoms with Crippen LogP contribution in [0.2, 0.25) is 0 Å². The lowest BCUT2D eigenvalue weighted by atomic mass is 9.90. The Morgan fingerprint density at radius 2 is 1.85 bits per heavy atom. The Bertz CT molecular complexity index is 393. The molecule has 2 amide bonds. The Kier molecular flexibility index (Phi) is 4.22. The average Bonchev–Trinajstić information content (AvgIpc) is 2.82. The van der Waals surface area contributed by atoms with Crippen molar-refractivity contribution in [2.24, 2.45) is 5.41 Å². The number of carboxylic acids is 1. The second-order valence-electron chi connectivity index (χ2n) is 6.47. The molecule has 0 radical (unpaired) electrons. The van der Waals surface area contributed by atoms with Gasteiger partial charge < -0.3 is 19.8 Å². The van der Waals surface area contributed by atoms with Crippen LogP contribution in [-0.2, 0) is 4.79 Å². The largest absolute Gasteiger partial charge is 0.481 e. The molecular weight excluding hydrogens is 258 g/mol. The first-order chi connectivity index (χ1) is 9.33. The molecule has 1 unspecified atom stereocenters. The second kappa shape index (κ2) is 5.60. The van der Waals surface area contributed by atoms with Gasteiger partial charge >= 0.3 is 12.0 Å². The van der Waals surface area contributed by atoms with E-state index < -0.39 is 11.4 Å². The highest BCUT2D eigenvalue weighted by molar-refractivity contribution is 5.79. The van der Waals surface area contributed by atoms with Crippen LogP contribution in [0.4, 0.5) is 4.79 Å². The van der Waals surface area contributed by atoms with Crippen molar-refractivity contribution >= 4 is 12.0 Å². The molecule has 0 aliphatic carbocycles. The molecule has 2 saturated heterocycles. The van der Waals surface area contributed by atoms with Crippen LogP contribution >= 0.6 is 0 Å². The van der Waals surface area contributed by atoms with Crippen molar-refractivity contribution in [1.29, 1.82) is 0 Å². The van der Waals surface area contributed by atoms with Crippen molar-refractivity contribution in [2.45, 2.75) is 32.2 Å². The minimum absolute atomic E-state index is 0.0236. The zero-order valence-corrected chi connectivity index (χ0v) is 12.6. The molecule has 2 rings (SSSR count). The molecule has 6 nitrogen and oxygen atoms in total. The minimum Gasteiger partial charge on any atom is -0.481 e. The molecule has 0 spiro atoms. The van der Waals surface area contributed by atoms with Gasteiger partial charge in [-0.15, -0.1) is 0 Å². The molecule has 2 heterocycles. The number of piperidine rings is 1. The maximum atomic E-state index is 12.5. The van der Waals surface area contributed by atoms with Crippen molar-refractivity contribution in [3.8, 4) is 0 Å². The maximum absolute atomic E-state index is 12.5. The van der Waals surface area contributed by atoms with E-state index in [-0.39, 0.29) is 12.1 Å². The Hall–Kier alpha value is -1.30. The molecule has 20 heavy (non-hydrogen) atoms. The van der Waals surface area contributed by atoms with E-state index in [1.54, 1.807) is 16.7 Å². The summed E-state index contributed by atoms with van der Waals surface area (Å²) in [6.45, 7) is 4.60. The monoisotopic (exact) mass is 283 g/mol. The SMILES string of the molecule is CN1CCC(N(C)C(=O)N2CCC(C)(C(=O)O)C2)CC1. The van der Waals surface area contributed by atoms with E-state index in [2.05, 4.69) is 11.9 Å². The summed E-state index contributed by atoms with van der Waals surface area (Å²) >= 11 is 0. The van der Waals surface area contributed by atoms with Crippen molar-refractivity contribution in [3.05, 3.63) is 0 Å². The molecule has 0 saturated carbocycles. The minimum atomic E-state index is -0.810. The number of hydrogen-bond acceptors (Lipinski definition) is 3. The van der Waals surface area contributed by atoms with Crippen LogP contribution in [0.15, 0.2) is 0 Å². The number of nitrogens with zero attached hydrogens (tertiary/aromatic N) is 3. The first kappa shape index (κ1) is 15.1. The summed E-state index contributed by atoms with van der Waals surface area (Å²) in [6.07, 6.45) is 2.51. The van der Waals surface area contributed by atoms with Gasteiger partial charge in [-0.1, -0.05) is 0 Å². The summed E-state index contributed by atoms with van der Waals surface area (Å²) in [5.74, 6) is -0.810. The van der Waals surface area contributed by atoms with Crippen LogP contribution in [0.1, 0.15) is 26.2 Å². The maximum Gasteiger partial charge on any atom is 0.320 e. The molecule has 0 aromatic heterocycles. The number of aliphatic carboxylic acids is 1. The molecular formula is C14H25N3O3. The highest BCUT2D eigenvalue weighted by atomic mass is 16.4. The summed E-state index contributed by atoms with van der Waals surface area (Å²) in [7, 11) is 3.94. The third-order valence-electron chi connectivity index (χ3n) is 4.80. The van der Waals surface area contributed by atoms with E-state index in [1.807, 2.05) is 7.05 Å². The lowest BCUT2D eigenvalue weighted by Crippen LogP contribution is -2.49. The Morgan fingerprint density at radius 3 is 2.35 bits per heavy atom. The van der Waals surface area contributed by atoms with Gasteiger partial charge in [-0.2, -0.15) is 0 Å². The van der Waals surface area contributed by atoms with Gasteiger partial charge in [0.05, 0.1) is 5.41 Å². The number of carboxylic acid groups (broad SMARTS) is 1. The van der Waals surface area contributed by atoms with Crippen LogP contribution in [0.25, 0.3) is 0 Å². The molecule has 2 aliphatic rings. The molecule has 2 fully saturated rings. The van der Waals surface area contributed by atoms with Crippen LogP contribution in [-0.4, -0.2) is 78.1 Å². The first-order valence-corrected chi connectivity index (χ1v) is 7.27. The molecule has 114 valence electrons. The fourth-order valence-electron chi connectivity index (χ4n) is 3.06. The third-order valence-corrected chi connectivity index (χ3v) is 4.80. The van der Waals surface area contributed by atoms with E-state index in [1.165, 1.54) is 0 Å². The van der Waals surface area contributed by atoms with E-state index in [0.717, 1.165) is 25.9 Å². The van der Waals surface area contributed by atoms with E-state index in [4.69, 9.17) is 0 Å². The quantitative estimate of drug-likeness (QED) is 0.819. The van der Waals surface area contributed by atoms with E-state index >= 15 is 0 Å². The first-order valence-electron chi connectivity index (χ1n) is 7.27. The zero-order valence-electron chi connectivity index (χ0n) is 12.6. The molecule has 1 atom stereocenters. The molecule has 6 heteroatoms. The lowest BCUT2D eigenvalue weighted by molar-refractivity contribution is -0.147. The fourth-order valence-corrected chi connectivity index (χ4v) is 3.06. The topological polar surface area (TPSA) is 64.1 Å². The molecule has 0 bridgehead atoms. The second-order valence-corrected chi connectivity index (χ2v) is 6.47. The predicted octanol–water partition coefficient (Wildman–Crippen LogP) is 0.929. The van der Waals surface area contributed by atoms with Crippen molar-refractivity contribution in [2.75, 3.05) is 40.3 Å². The smallest absolute Gasteiger partial charge is 0.320 e. The summed E-state index contributed by atoms with van der Waals surface area (Å²) in [5.41, 5.74) is -0.788. The highest BCUT2D eigenvalue weighted by Crippen LogP contribution is 2.31. The van der Waals surface area contributed by atoms with Gasteiger partial charge in [0.1, 0.15) is 0 Å². The van der Waals surface area contributed by atoms with Gasteiger partial charge in [-0.3, -0.25) is 4.79 Å². The normalized spacial score (nSPS) is 28.6. The number of carbonyl (C=O) groups excluding carboxylic acids is 1. The summed E-state index contributed by atoms with van der Waals surface area (Å²) in [5, 5.41) is 9.23. The Morgan fingerprint density at radius 1 is 1.25 bits per heavy atom. The van der Waals surface area contributed by atoms with Gasteiger partial charge in [0.15, 0.2) is 0 Å². The van der Waals surface area contributed by atoms with Crippen molar-refractivity contribution in [1.82, 2.24) is 14.7 Å². The van der Waals surface area contributed by atoms with Crippen LogP contribution < -0.4 is 0 Å². The number of amides is 2. The highest BCUT2D eigenvalue weighted by Gasteiger charge is 2.43. The number of likely N-dealkylation sites (tertiary alicyclic amines) is 2. The average molecular weight is 283 g/mol. The van der Waals surface area contributed by atoms with Gasteiger partial charge in [-0.25, -0.2) is 4.79 Å². The summed E-state index contributed by atoms with van der Waals surface area (Å²) in [6, 6.07) is 0.250. The zero-order chi connectivity index (χ0) is 14.9. The number of rotatable bonds is 2. The van der Waals surface area contributed by atoms with Gasteiger partial charge in [-0.05, 0) is 46.3 Å². The van der Waals surface area contributed by atoms with Crippen molar-refractivity contribution < 1.29 is 14.7 Å². The Balaban J connectivity index is 1.93. The molecule has 1 N–H and O–H groups in total. The molecule has 0 aromatic rings.